The fraction of sp³-hybridized carbons (Fsp3) is 0.714. The first-order chi connectivity index (χ1) is 9.51. The van der Waals surface area contributed by atoms with Crippen LogP contribution in [0.15, 0.2) is 0 Å². The van der Waals surface area contributed by atoms with Gasteiger partial charge in [-0.15, -0.1) is 0 Å². The van der Waals surface area contributed by atoms with Crippen molar-refractivity contribution in [2.75, 3.05) is 18.0 Å². The number of hydrogen-bond acceptors (Lipinski definition) is 4. The topological polar surface area (TPSA) is 38.2 Å². The third-order valence-electron chi connectivity index (χ3n) is 4.32. The van der Waals surface area contributed by atoms with E-state index in [4.69, 9.17) is 27.6 Å². The zero-order chi connectivity index (χ0) is 16.0. The second-order valence-corrected chi connectivity index (χ2v) is 12.6. The lowest BCUT2D eigenvalue weighted by molar-refractivity contribution is 0.148. The molecule has 1 aliphatic heterocycles. The van der Waals surface area contributed by atoms with Gasteiger partial charge in [0.05, 0.1) is 6.10 Å². The molecule has 0 aliphatic carbocycles. The van der Waals surface area contributed by atoms with Crippen LogP contribution in [0.1, 0.15) is 26.6 Å². The highest BCUT2D eigenvalue weighted by Gasteiger charge is 2.42. The molecule has 0 spiro atoms. The second-order valence-electron chi connectivity index (χ2n) is 7.10. The molecule has 1 aromatic rings. The molecule has 1 aliphatic rings. The third kappa shape index (κ3) is 3.52. The summed E-state index contributed by atoms with van der Waals surface area (Å²) >= 11 is 12.2. The third-order valence-corrected chi connectivity index (χ3v) is 9.57. The van der Waals surface area contributed by atoms with Crippen LogP contribution >= 0.6 is 23.2 Å². The molecule has 1 fully saturated rings. The molecular formula is C14H23Cl2N3OSi. The van der Waals surface area contributed by atoms with Gasteiger partial charge in [0.1, 0.15) is 10.8 Å². The summed E-state index contributed by atoms with van der Waals surface area (Å²) < 4.78 is 6.37. The minimum Gasteiger partial charge on any atom is -0.410 e. The summed E-state index contributed by atoms with van der Waals surface area (Å²) in [6, 6.07) is 0. The molecule has 1 saturated heterocycles. The average Bonchev–Trinajstić information content (AvgIpc) is 2.26. The van der Waals surface area contributed by atoms with Crippen LogP contribution in [0.3, 0.4) is 0 Å². The Balaban J connectivity index is 2.02. The highest BCUT2D eigenvalue weighted by atomic mass is 35.5. The number of aromatic nitrogens is 2. The van der Waals surface area contributed by atoms with Crippen molar-refractivity contribution < 1.29 is 4.43 Å². The number of aryl methyl sites for hydroxylation is 1. The maximum absolute atomic E-state index is 6.37. The van der Waals surface area contributed by atoms with Crippen LogP contribution in [0.5, 0.6) is 0 Å². The maximum atomic E-state index is 6.37. The number of anilines is 1. The zero-order valence-electron chi connectivity index (χ0n) is 13.5. The van der Waals surface area contributed by atoms with Crippen LogP contribution in [-0.4, -0.2) is 37.5 Å². The van der Waals surface area contributed by atoms with E-state index in [1.54, 1.807) is 0 Å². The highest BCUT2D eigenvalue weighted by molar-refractivity contribution is 6.74. The summed E-state index contributed by atoms with van der Waals surface area (Å²) in [7, 11) is -1.72. The fourth-order valence-corrected chi connectivity index (χ4v) is 3.75. The van der Waals surface area contributed by atoms with Gasteiger partial charge in [-0.05, 0) is 25.1 Å². The number of nitrogens with zero attached hydrogens (tertiary/aromatic N) is 3. The largest absolute Gasteiger partial charge is 0.410 e. The molecule has 1 aromatic heterocycles. The van der Waals surface area contributed by atoms with E-state index in [1.807, 2.05) is 6.92 Å². The number of halogens is 2. The van der Waals surface area contributed by atoms with Gasteiger partial charge < -0.3 is 9.33 Å². The van der Waals surface area contributed by atoms with E-state index >= 15 is 0 Å². The van der Waals surface area contributed by atoms with E-state index in [9.17, 15) is 0 Å². The maximum Gasteiger partial charge on any atom is 0.192 e. The molecule has 118 valence electrons. The Bertz CT molecular complexity index is 540. The molecule has 2 heterocycles. The summed E-state index contributed by atoms with van der Waals surface area (Å²) in [5.74, 6) is 1.34. The molecular weight excluding hydrogens is 325 g/mol. The van der Waals surface area contributed by atoms with Gasteiger partial charge in [0.15, 0.2) is 19.3 Å². The van der Waals surface area contributed by atoms with E-state index in [1.165, 1.54) is 0 Å². The molecule has 21 heavy (non-hydrogen) atoms. The minimum atomic E-state index is -1.72. The van der Waals surface area contributed by atoms with E-state index in [2.05, 4.69) is 48.7 Å². The predicted molar refractivity (Wildman–Crippen MR) is 91.1 cm³/mol. The second kappa shape index (κ2) is 5.69. The Labute approximate surface area is 137 Å². The predicted octanol–water partition coefficient (Wildman–Crippen LogP) is 4.30. The van der Waals surface area contributed by atoms with Crippen LogP contribution in [0.2, 0.25) is 28.3 Å². The Morgan fingerprint density at radius 2 is 1.76 bits per heavy atom. The Morgan fingerprint density at radius 1 is 1.19 bits per heavy atom. The molecule has 7 heteroatoms. The van der Waals surface area contributed by atoms with Crippen molar-refractivity contribution in [3.05, 3.63) is 16.0 Å². The minimum absolute atomic E-state index is 0.222. The molecule has 0 N–H and O–H groups in total. The smallest absolute Gasteiger partial charge is 0.192 e. The first-order valence-electron chi connectivity index (χ1n) is 7.13. The molecule has 0 radical (unpaired) electrons. The summed E-state index contributed by atoms with van der Waals surface area (Å²) in [6.07, 6.45) is 0.246. The lowest BCUT2D eigenvalue weighted by Gasteiger charge is -2.47. The van der Waals surface area contributed by atoms with Crippen molar-refractivity contribution in [3.63, 3.8) is 0 Å². The van der Waals surface area contributed by atoms with Gasteiger partial charge >= 0.3 is 0 Å². The van der Waals surface area contributed by atoms with E-state index in [0.29, 0.717) is 21.8 Å². The van der Waals surface area contributed by atoms with Crippen molar-refractivity contribution in [2.45, 2.75) is 51.9 Å². The van der Waals surface area contributed by atoms with Gasteiger partial charge in [0.2, 0.25) is 0 Å². The van der Waals surface area contributed by atoms with Gasteiger partial charge in [-0.1, -0.05) is 44.0 Å². The normalized spacial score (nSPS) is 17.0. The Kier molecular flexibility index (Phi) is 4.60. The molecule has 0 saturated carbocycles. The van der Waals surface area contributed by atoms with Gasteiger partial charge in [0.25, 0.3) is 0 Å². The highest BCUT2D eigenvalue weighted by Crippen LogP contribution is 2.39. The molecule has 0 unspecified atom stereocenters. The van der Waals surface area contributed by atoms with Crippen molar-refractivity contribution in [1.82, 2.24) is 9.97 Å². The van der Waals surface area contributed by atoms with Crippen molar-refractivity contribution >= 4 is 37.3 Å². The summed E-state index contributed by atoms with van der Waals surface area (Å²) in [5.41, 5.74) is 0. The van der Waals surface area contributed by atoms with Crippen LogP contribution in [0.25, 0.3) is 0 Å². The summed E-state index contributed by atoms with van der Waals surface area (Å²) in [4.78, 5) is 10.5. The number of hydrogen-bond donors (Lipinski definition) is 0. The lowest BCUT2D eigenvalue weighted by atomic mass is 10.2. The molecule has 0 atom stereocenters. The van der Waals surface area contributed by atoms with Crippen LogP contribution in [0, 0.1) is 6.92 Å². The summed E-state index contributed by atoms with van der Waals surface area (Å²) in [6.45, 7) is 14.7. The monoisotopic (exact) mass is 347 g/mol. The molecule has 0 bridgehead atoms. The average molecular weight is 348 g/mol. The molecule has 4 nitrogen and oxygen atoms in total. The standard InChI is InChI=1S/C14H23Cl2N3OSi/c1-9-17-12(16)11(15)13(18-9)19-7-10(8-19)20-21(5,6)14(2,3)4/h10H,7-8H2,1-6H3. The zero-order valence-corrected chi connectivity index (χ0v) is 16.0. The van der Waals surface area contributed by atoms with Gasteiger partial charge in [-0.3, -0.25) is 0 Å². The van der Waals surface area contributed by atoms with Crippen molar-refractivity contribution in [1.29, 1.82) is 0 Å². The summed E-state index contributed by atoms with van der Waals surface area (Å²) in [5, 5.41) is 0.959. The fourth-order valence-electron chi connectivity index (χ4n) is 2.00. The quantitative estimate of drug-likeness (QED) is 0.603. The van der Waals surface area contributed by atoms with Gasteiger partial charge in [0, 0.05) is 13.1 Å². The van der Waals surface area contributed by atoms with E-state index in [-0.39, 0.29) is 11.1 Å². The first kappa shape index (κ1) is 17.0. The molecule has 0 amide bonds. The van der Waals surface area contributed by atoms with Crippen molar-refractivity contribution in [3.8, 4) is 0 Å². The van der Waals surface area contributed by atoms with E-state index < -0.39 is 8.32 Å². The van der Waals surface area contributed by atoms with Crippen LogP contribution in [-0.2, 0) is 4.43 Å². The van der Waals surface area contributed by atoms with E-state index in [0.717, 1.165) is 13.1 Å². The molecule has 2 rings (SSSR count). The molecule has 0 aromatic carbocycles. The van der Waals surface area contributed by atoms with Gasteiger partial charge in [-0.25, -0.2) is 9.97 Å². The Hall–Kier alpha value is -0.363. The lowest BCUT2D eigenvalue weighted by Crippen LogP contribution is -2.58. The SMILES string of the molecule is Cc1nc(Cl)c(Cl)c(N2CC(O[Si](C)(C)C(C)(C)C)C2)n1. The van der Waals surface area contributed by atoms with Crippen LogP contribution in [0.4, 0.5) is 5.82 Å². The Morgan fingerprint density at radius 3 is 2.29 bits per heavy atom. The van der Waals surface area contributed by atoms with Crippen LogP contribution < -0.4 is 4.90 Å². The van der Waals surface area contributed by atoms with Gasteiger partial charge in [-0.2, -0.15) is 0 Å². The van der Waals surface area contributed by atoms with Crippen molar-refractivity contribution in [2.24, 2.45) is 0 Å². The first-order valence-corrected chi connectivity index (χ1v) is 10.8. The number of rotatable bonds is 3.